The van der Waals surface area contributed by atoms with Crippen molar-refractivity contribution in [2.75, 3.05) is 44.6 Å². The number of methoxy groups -OCH3 is 3. The summed E-state index contributed by atoms with van der Waals surface area (Å²) in [5, 5.41) is 6.26. The van der Waals surface area contributed by atoms with Crippen LogP contribution in [0.25, 0.3) is 0 Å². The first kappa shape index (κ1) is 26.0. The number of rotatable bonds is 9. The fourth-order valence-corrected chi connectivity index (χ4v) is 4.43. The van der Waals surface area contributed by atoms with E-state index in [-0.39, 0.29) is 23.7 Å². The van der Waals surface area contributed by atoms with Crippen LogP contribution in [0.3, 0.4) is 0 Å². The molecule has 1 saturated heterocycles. The molecule has 0 aliphatic carbocycles. The second kappa shape index (κ2) is 11.8. The molecule has 3 aromatic rings. The summed E-state index contributed by atoms with van der Waals surface area (Å²) in [4.78, 5) is 24.1. The molecular weight excluding hydrogens is 477 g/mol. The maximum absolute atomic E-state index is 13.2. The topological polar surface area (TPSA) is 97.8 Å². The van der Waals surface area contributed by atoms with E-state index in [1.165, 1.54) is 12.1 Å². The van der Waals surface area contributed by atoms with Gasteiger partial charge in [-0.25, -0.2) is 9.37 Å². The monoisotopic (exact) mass is 509 g/mol. The highest BCUT2D eigenvalue weighted by Crippen LogP contribution is 2.40. The van der Waals surface area contributed by atoms with Gasteiger partial charge in [0.1, 0.15) is 11.6 Å². The van der Waals surface area contributed by atoms with Gasteiger partial charge in [-0.15, -0.1) is 0 Å². The van der Waals surface area contributed by atoms with Crippen LogP contribution in [0, 0.1) is 11.7 Å². The Morgan fingerprint density at radius 1 is 1.08 bits per heavy atom. The van der Waals surface area contributed by atoms with Gasteiger partial charge in [-0.2, -0.15) is 4.98 Å². The standard InChI is InChI=1S/C27H32FN5O4/c1-17(18-7-9-20(28)10-8-18)30-26(34)19-6-5-13-33(16-19)24-11-12-29-27(32-24)31-21-14-22(35-2)25(37-4)23(15-21)36-3/h7-12,14-15,17,19H,5-6,13,16H2,1-4H3,(H,30,34)(H,29,31,32). The Kier molecular flexibility index (Phi) is 8.27. The number of benzene rings is 2. The summed E-state index contributed by atoms with van der Waals surface area (Å²) in [6.45, 7) is 3.23. The fourth-order valence-electron chi connectivity index (χ4n) is 4.43. The Hall–Kier alpha value is -4.08. The van der Waals surface area contributed by atoms with Crippen LogP contribution < -0.4 is 29.7 Å². The number of ether oxygens (including phenoxy) is 3. The molecule has 2 aromatic carbocycles. The molecule has 1 aromatic heterocycles. The fraction of sp³-hybridized carbons (Fsp3) is 0.370. The van der Waals surface area contributed by atoms with Crippen LogP contribution >= 0.6 is 0 Å². The quantitative estimate of drug-likeness (QED) is 0.436. The number of hydrogen-bond donors (Lipinski definition) is 2. The molecule has 1 aliphatic heterocycles. The number of anilines is 3. The van der Waals surface area contributed by atoms with Gasteiger partial charge in [0.15, 0.2) is 11.5 Å². The van der Waals surface area contributed by atoms with Gasteiger partial charge in [0.25, 0.3) is 0 Å². The molecule has 0 bridgehead atoms. The van der Waals surface area contributed by atoms with Gasteiger partial charge in [-0.1, -0.05) is 12.1 Å². The molecule has 0 saturated carbocycles. The Morgan fingerprint density at radius 3 is 2.43 bits per heavy atom. The smallest absolute Gasteiger partial charge is 0.229 e. The van der Waals surface area contributed by atoms with Gasteiger partial charge in [0.05, 0.1) is 33.3 Å². The van der Waals surface area contributed by atoms with Crippen molar-refractivity contribution in [3.8, 4) is 17.2 Å². The van der Waals surface area contributed by atoms with Crippen LogP contribution in [-0.2, 0) is 4.79 Å². The largest absolute Gasteiger partial charge is 0.493 e. The molecule has 1 amide bonds. The number of hydrogen-bond acceptors (Lipinski definition) is 8. The van der Waals surface area contributed by atoms with Crippen molar-refractivity contribution in [1.82, 2.24) is 15.3 Å². The maximum Gasteiger partial charge on any atom is 0.229 e. The Balaban J connectivity index is 1.44. The minimum atomic E-state index is -0.297. The van der Waals surface area contributed by atoms with Gasteiger partial charge in [-0.3, -0.25) is 4.79 Å². The molecule has 37 heavy (non-hydrogen) atoms. The van der Waals surface area contributed by atoms with E-state index >= 15 is 0 Å². The molecule has 2 N–H and O–H groups in total. The van der Waals surface area contributed by atoms with Crippen LogP contribution in [-0.4, -0.2) is 50.3 Å². The van der Waals surface area contributed by atoms with Gasteiger partial charge in [0.2, 0.25) is 17.6 Å². The van der Waals surface area contributed by atoms with Crippen LogP contribution in [0.5, 0.6) is 17.2 Å². The molecule has 2 atom stereocenters. The van der Waals surface area contributed by atoms with Crippen molar-refractivity contribution in [3.63, 3.8) is 0 Å². The number of aromatic nitrogens is 2. The molecule has 196 valence electrons. The van der Waals surface area contributed by atoms with Crippen LogP contribution in [0.1, 0.15) is 31.4 Å². The number of halogens is 1. The highest BCUT2D eigenvalue weighted by molar-refractivity contribution is 5.80. The number of carbonyl (C=O) groups is 1. The lowest BCUT2D eigenvalue weighted by atomic mass is 9.96. The SMILES string of the molecule is COc1cc(Nc2nccc(N3CCCC(C(=O)NC(C)c4ccc(F)cc4)C3)n2)cc(OC)c1OC. The molecule has 2 unspecified atom stereocenters. The number of carbonyl (C=O) groups excluding carboxylic acids is 1. The van der Waals surface area contributed by atoms with Crippen LogP contribution in [0.15, 0.2) is 48.7 Å². The zero-order valence-electron chi connectivity index (χ0n) is 21.5. The molecule has 2 heterocycles. The summed E-state index contributed by atoms with van der Waals surface area (Å²) >= 11 is 0. The van der Waals surface area contributed by atoms with Crippen LogP contribution in [0.4, 0.5) is 21.8 Å². The van der Waals surface area contributed by atoms with Gasteiger partial charge in [-0.05, 0) is 43.5 Å². The van der Waals surface area contributed by atoms with E-state index in [0.717, 1.165) is 30.8 Å². The summed E-state index contributed by atoms with van der Waals surface area (Å²) < 4.78 is 29.5. The molecule has 0 radical (unpaired) electrons. The molecule has 1 fully saturated rings. The van der Waals surface area contributed by atoms with E-state index in [2.05, 4.69) is 25.5 Å². The molecule has 1 aliphatic rings. The Labute approximate surface area is 216 Å². The van der Waals surface area contributed by atoms with E-state index in [1.807, 2.05) is 13.0 Å². The molecule has 10 heteroatoms. The van der Waals surface area contributed by atoms with Gasteiger partial charge in [0, 0.05) is 37.1 Å². The molecule has 4 rings (SSSR count). The maximum atomic E-state index is 13.2. The average Bonchev–Trinajstić information content (AvgIpc) is 2.93. The van der Waals surface area contributed by atoms with Crippen molar-refractivity contribution < 1.29 is 23.4 Å². The number of nitrogens with zero attached hydrogens (tertiary/aromatic N) is 3. The Bertz CT molecular complexity index is 1200. The van der Waals surface area contributed by atoms with E-state index in [4.69, 9.17) is 14.2 Å². The first-order valence-corrected chi connectivity index (χ1v) is 12.1. The van der Waals surface area contributed by atoms with Crippen molar-refractivity contribution in [2.45, 2.75) is 25.8 Å². The zero-order valence-corrected chi connectivity index (χ0v) is 21.5. The molecular formula is C27H32FN5O4. The molecule has 0 spiro atoms. The minimum Gasteiger partial charge on any atom is -0.493 e. The van der Waals surface area contributed by atoms with Crippen molar-refractivity contribution in [1.29, 1.82) is 0 Å². The summed E-state index contributed by atoms with van der Waals surface area (Å²) in [6, 6.07) is 11.4. The summed E-state index contributed by atoms with van der Waals surface area (Å²) in [5.74, 6) is 2.16. The van der Waals surface area contributed by atoms with E-state index in [9.17, 15) is 9.18 Å². The second-order valence-corrected chi connectivity index (χ2v) is 8.84. The third-order valence-electron chi connectivity index (χ3n) is 6.41. The van der Waals surface area contributed by atoms with Crippen molar-refractivity contribution >= 4 is 23.4 Å². The van der Waals surface area contributed by atoms with E-state index < -0.39 is 0 Å². The predicted octanol–water partition coefficient (Wildman–Crippen LogP) is 4.48. The van der Waals surface area contributed by atoms with E-state index in [0.29, 0.717) is 35.4 Å². The Morgan fingerprint density at radius 2 is 1.78 bits per heavy atom. The van der Waals surface area contributed by atoms with Gasteiger partial charge >= 0.3 is 0 Å². The first-order chi connectivity index (χ1) is 17.9. The van der Waals surface area contributed by atoms with Crippen LogP contribution in [0.2, 0.25) is 0 Å². The highest BCUT2D eigenvalue weighted by Gasteiger charge is 2.28. The second-order valence-electron chi connectivity index (χ2n) is 8.84. The van der Waals surface area contributed by atoms with E-state index in [1.54, 1.807) is 51.8 Å². The van der Waals surface area contributed by atoms with Crippen molar-refractivity contribution in [2.24, 2.45) is 5.92 Å². The number of nitrogens with one attached hydrogen (secondary N) is 2. The lowest BCUT2D eigenvalue weighted by Gasteiger charge is -2.33. The summed E-state index contributed by atoms with van der Waals surface area (Å²) in [7, 11) is 4.67. The minimum absolute atomic E-state index is 0.0219. The normalized spacial score (nSPS) is 16.0. The summed E-state index contributed by atoms with van der Waals surface area (Å²) in [5.41, 5.74) is 1.54. The first-order valence-electron chi connectivity index (χ1n) is 12.1. The lowest BCUT2D eigenvalue weighted by Crippen LogP contribution is -2.44. The summed E-state index contributed by atoms with van der Waals surface area (Å²) in [6.07, 6.45) is 3.34. The predicted molar refractivity (Wildman–Crippen MR) is 139 cm³/mol. The highest BCUT2D eigenvalue weighted by atomic mass is 19.1. The molecule has 9 nitrogen and oxygen atoms in total. The number of piperidine rings is 1. The lowest BCUT2D eigenvalue weighted by molar-refractivity contribution is -0.125. The zero-order chi connectivity index (χ0) is 26.4. The van der Waals surface area contributed by atoms with Crippen molar-refractivity contribution in [3.05, 3.63) is 60.0 Å². The third-order valence-corrected chi connectivity index (χ3v) is 6.41. The number of amides is 1. The average molecular weight is 510 g/mol. The third kappa shape index (κ3) is 6.19. The van der Waals surface area contributed by atoms with Gasteiger partial charge < -0.3 is 29.7 Å².